The monoisotopic (exact) mass is 469 g/mol. The van der Waals surface area contributed by atoms with Gasteiger partial charge >= 0.3 is 0 Å². The van der Waals surface area contributed by atoms with E-state index in [1.54, 1.807) is 71.4 Å². The molecule has 10 heteroatoms. The highest BCUT2D eigenvalue weighted by atomic mass is 16.6. The molecule has 0 radical (unpaired) electrons. The number of anilines is 3. The van der Waals surface area contributed by atoms with E-state index in [1.807, 2.05) is 0 Å². The molecule has 0 unspecified atom stereocenters. The van der Waals surface area contributed by atoms with Crippen molar-refractivity contribution in [2.75, 3.05) is 22.1 Å². The first-order chi connectivity index (χ1) is 16.9. The van der Waals surface area contributed by atoms with Crippen molar-refractivity contribution in [2.24, 2.45) is 0 Å². The molecule has 2 heterocycles. The Bertz CT molecular complexity index is 1490. The zero-order chi connectivity index (χ0) is 24.5. The van der Waals surface area contributed by atoms with Crippen molar-refractivity contribution in [3.05, 3.63) is 94.7 Å². The van der Waals surface area contributed by atoms with Crippen LogP contribution in [0.1, 0.15) is 10.4 Å². The molecule has 10 nitrogen and oxygen atoms in total. The van der Waals surface area contributed by atoms with E-state index in [0.29, 0.717) is 33.5 Å². The van der Waals surface area contributed by atoms with E-state index < -0.39 is 4.92 Å². The van der Waals surface area contributed by atoms with Gasteiger partial charge in [-0.1, -0.05) is 12.1 Å². The number of fused-ring (bicyclic) bond motifs is 2. The van der Waals surface area contributed by atoms with Gasteiger partial charge in [0.2, 0.25) is 11.8 Å². The molecule has 1 aliphatic heterocycles. The fraction of sp³-hybridized carbons (Fsp3) is 0.0800. The molecule has 0 saturated carbocycles. The van der Waals surface area contributed by atoms with Crippen LogP contribution in [0.25, 0.3) is 10.9 Å². The first kappa shape index (κ1) is 21.8. The number of hydrogen-bond donors (Lipinski definition) is 2. The lowest BCUT2D eigenvalue weighted by atomic mass is 10.1. The maximum absolute atomic E-state index is 13.1. The van der Waals surface area contributed by atoms with E-state index >= 15 is 0 Å². The number of carbonyl (C=O) groups is 3. The predicted molar refractivity (Wildman–Crippen MR) is 130 cm³/mol. The van der Waals surface area contributed by atoms with Crippen LogP contribution in [0.4, 0.5) is 22.7 Å². The third kappa shape index (κ3) is 4.32. The summed E-state index contributed by atoms with van der Waals surface area (Å²) in [6.07, 6.45) is 1.70. The summed E-state index contributed by atoms with van der Waals surface area (Å²) >= 11 is 0. The van der Waals surface area contributed by atoms with Gasteiger partial charge in [-0.25, -0.2) is 0 Å². The zero-order valence-electron chi connectivity index (χ0n) is 18.3. The highest BCUT2D eigenvalue weighted by Gasteiger charge is 2.27. The number of nitrogens with zero attached hydrogens (tertiary/aromatic N) is 3. The molecule has 35 heavy (non-hydrogen) atoms. The molecule has 5 rings (SSSR count). The minimum atomic E-state index is -0.462. The molecule has 3 aromatic carbocycles. The van der Waals surface area contributed by atoms with E-state index in [0.717, 1.165) is 0 Å². The Kier molecular flexibility index (Phi) is 5.46. The van der Waals surface area contributed by atoms with Crippen LogP contribution in [0.5, 0.6) is 0 Å². The molecule has 1 aliphatic rings. The Morgan fingerprint density at radius 3 is 2.57 bits per heavy atom. The van der Waals surface area contributed by atoms with Gasteiger partial charge in [0.1, 0.15) is 13.1 Å². The highest BCUT2D eigenvalue weighted by Crippen LogP contribution is 2.30. The number of nitrogens with one attached hydrogen (secondary N) is 2. The Balaban J connectivity index is 1.27. The Morgan fingerprint density at radius 1 is 1.03 bits per heavy atom. The van der Waals surface area contributed by atoms with E-state index in [9.17, 15) is 24.5 Å². The standard InChI is InChI=1S/C25H19N5O5/c31-23(14-28-12-11-17-13-19(30(34)35)9-10-21(17)28)26-18-7-5-16(6-8-18)25(33)29-15-24(32)27-20-3-1-2-4-22(20)29/h1-13H,14-15H2,(H,26,31)(H,27,32). The maximum Gasteiger partial charge on any atom is 0.270 e. The minimum absolute atomic E-state index is 0.0111. The van der Waals surface area contributed by atoms with Crippen LogP contribution in [-0.4, -0.2) is 33.8 Å². The lowest BCUT2D eigenvalue weighted by Crippen LogP contribution is -2.42. The summed E-state index contributed by atoms with van der Waals surface area (Å²) in [4.78, 5) is 49.6. The summed E-state index contributed by atoms with van der Waals surface area (Å²) in [5, 5.41) is 17.2. The molecule has 0 atom stereocenters. The summed E-state index contributed by atoms with van der Waals surface area (Å²) in [6.45, 7) is -0.0655. The molecule has 4 aromatic rings. The first-order valence-electron chi connectivity index (χ1n) is 10.7. The molecule has 0 bridgehead atoms. The van der Waals surface area contributed by atoms with Gasteiger partial charge in [-0.3, -0.25) is 29.4 Å². The summed E-state index contributed by atoms with van der Waals surface area (Å²) in [5.41, 5.74) is 2.79. The molecule has 0 aliphatic carbocycles. The lowest BCUT2D eigenvalue weighted by molar-refractivity contribution is -0.384. The predicted octanol–water partition coefficient (Wildman–Crippen LogP) is 3.79. The van der Waals surface area contributed by atoms with Gasteiger partial charge in [-0.05, 0) is 48.5 Å². The van der Waals surface area contributed by atoms with Crippen molar-refractivity contribution < 1.29 is 19.3 Å². The van der Waals surface area contributed by atoms with Crippen LogP contribution in [0.3, 0.4) is 0 Å². The van der Waals surface area contributed by atoms with Gasteiger partial charge in [0, 0.05) is 40.5 Å². The van der Waals surface area contributed by atoms with E-state index in [4.69, 9.17) is 0 Å². The van der Waals surface area contributed by atoms with Gasteiger partial charge < -0.3 is 15.2 Å². The summed E-state index contributed by atoms with van der Waals surface area (Å²) in [5.74, 6) is -0.882. The Hall–Kier alpha value is -4.99. The SMILES string of the molecule is O=C(Cn1ccc2cc([N+](=O)[O-])ccc21)Nc1ccc(C(=O)N2CC(=O)Nc3ccccc32)cc1. The van der Waals surface area contributed by atoms with E-state index in [2.05, 4.69) is 10.6 Å². The van der Waals surface area contributed by atoms with Gasteiger partial charge in [-0.2, -0.15) is 0 Å². The highest BCUT2D eigenvalue weighted by molar-refractivity contribution is 6.15. The van der Waals surface area contributed by atoms with Crippen molar-refractivity contribution in [3.63, 3.8) is 0 Å². The summed E-state index contributed by atoms with van der Waals surface area (Å²) < 4.78 is 1.70. The van der Waals surface area contributed by atoms with Crippen molar-refractivity contribution in [1.29, 1.82) is 0 Å². The molecule has 3 amide bonds. The normalized spacial score (nSPS) is 12.7. The summed E-state index contributed by atoms with van der Waals surface area (Å²) in [7, 11) is 0. The van der Waals surface area contributed by atoms with Crippen LogP contribution in [-0.2, 0) is 16.1 Å². The molecular formula is C25H19N5O5. The smallest absolute Gasteiger partial charge is 0.270 e. The number of benzene rings is 3. The molecular weight excluding hydrogens is 450 g/mol. The van der Waals surface area contributed by atoms with Gasteiger partial charge in [-0.15, -0.1) is 0 Å². The second-order valence-electron chi connectivity index (χ2n) is 8.03. The third-order valence-electron chi connectivity index (χ3n) is 5.71. The number of non-ortho nitro benzene ring substituents is 1. The lowest BCUT2D eigenvalue weighted by Gasteiger charge is -2.29. The number of hydrogen-bond acceptors (Lipinski definition) is 5. The fourth-order valence-electron chi connectivity index (χ4n) is 4.06. The van der Waals surface area contributed by atoms with Crippen molar-refractivity contribution in [1.82, 2.24) is 4.57 Å². The number of para-hydroxylation sites is 2. The average Bonchev–Trinajstić information content (AvgIpc) is 3.25. The topological polar surface area (TPSA) is 127 Å². The molecule has 1 aromatic heterocycles. The number of carbonyl (C=O) groups excluding carboxylic acids is 3. The number of nitro benzene ring substituents is 1. The van der Waals surface area contributed by atoms with Crippen LogP contribution in [0.15, 0.2) is 79.0 Å². The number of nitro groups is 1. The molecule has 0 fully saturated rings. The van der Waals surface area contributed by atoms with Crippen LogP contribution in [0, 0.1) is 10.1 Å². The van der Waals surface area contributed by atoms with Crippen molar-refractivity contribution in [3.8, 4) is 0 Å². The van der Waals surface area contributed by atoms with Crippen LogP contribution >= 0.6 is 0 Å². The maximum atomic E-state index is 13.1. The number of rotatable bonds is 5. The second-order valence-corrected chi connectivity index (χ2v) is 8.03. The number of amides is 3. The molecule has 0 saturated heterocycles. The van der Waals surface area contributed by atoms with E-state index in [-0.39, 0.29) is 36.5 Å². The second kappa shape index (κ2) is 8.75. The van der Waals surface area contributed by atoms with Crippen molar-refractivity contribution >= 4 is 51.4 Å². The minimum Gasteiger partial charge on any atom is -0.338 e. The van der Waals surface area contributed by atoms with Gasteiger partial charge in [0.05, 0.1) is 16.3 Å². The van der Waals surface area contributed by atoms with Crippen LogP contribution in [0.2, 0.25) is 0 Å². The fourth-order valence-corrected chi connectivity index (χ4v) is 4.06. The average molecular weight is 469 g/mol. The molecule has 0 spiro atoms. The third-order valence-corrected chi connectivity index (χ3v) is 5.71. The quantitative estimate of drug-likeness (QED) is 0.340. The molecule has 2 N–H and O–H groups in total. The van der Waals surface area contributed by atoms with Gasteiger partial charge in [0.25, 0.3) is 11.6 Å². The first-order valence-corrected chi connectivity index (χ1v) is 10.7. The van der Waals surface area contributed by atoms with Crippen LogP contribution < -0.4 is 15.5 Å². The Labute approximate surface area is 198 Å². The molecule has 174 valence electrons. The van der Waals surface area contributed by atoms with Gasteiger partial charge in [0.15, 0.2) is 0 Å². The van der Waals surface area contributed by atoms with Crippen molar-refractivity contribution in [2.45, 2.75) is 6.54 Å². The zero-order valence-corrected chi connectivity index (χ0v) is 18.3. The van der Waals surface area contributed by atoms with E-state index in [1.165, 1.54) is 17.0 Å². The largest absolute Gasteiger partial charge is 0.338 e. The number of aromatic nitrogens is 1. The Morgan fingerprint density at radius 2 is 1.80 bits per heavy atom. The summed E-state index contributed by atoms with van der Waals surface area (Å²) in [6, 6.07) is 19.7.